The van der Waals surface area contributed by atoms with Gasteiger partial charge in [0.1, 0.15) is 5.58 Å². The normalized spacial score (nSPS) is 15.5. The quantitative estimate of drug-likeness (QED) is 0.238. The molecular formula is C29H24BrNO6. The van der Waals surface area contributed by atoms with Crippen molar-refractivity contribution in [2.45, 2.75) is 19.9 Å². The van der Waals surface area contributed by atoms with Gasteiger partial charge in [-0.3, -0.25) is 14.5 Å². The lowest BCUT2D eigenvalue weighted by Crippen LogP contribution is -2.31. The van der Waals surface area contributed by atoms with Crippen LogP contribution in [0.25, 0.3) is 11.0 Å². The van der Waals surface area contributed by atoms with Crippen molar-refractivity contribution in [3.05, 3.63) is 99.9 Å². The Hall–Kier alpha value is -4.04. The van der Waals surface area contributed by atoms with Crippen LogP contribution in [0.15, 0.2) is 93.0 Å². The van der Waals surface area contributed by atoms with E-state index in [0.29, 0.717) is 41.5 Å². The molecule has 7 nitrogen and oxygen atoms in total. The summed E-state index contributed by atoms with van der Waals surface area (Å²) < 4.78 is 18.1. The number of benzene rings is 3. The number of rotatable bonds is 8. The molecule has 0 fully saturated rings. The first-order chi connectivity index (χ1) is 17.9. The van der Waals surface area contributed by atoms with E-state index in [-0.39, 0.29) is 11.3 Å². The molecular weight excluding hydrogens is 538 g/mol. The molecule has 0 aliphatic carbocycles. The van der Waals surface area contributed by atoms with Crippen LogP contribution < -0.4 is 14.4 Å². The third kappa shape index (κ3) is 4.49. The van der Waals surface area contributed by atoms with E-state index in [4.69, 9.17) is 13.9 Å². The Labute approximate surface area is 222 Å². The molecule has 5 rings (SSSR count). The Morgan fingerprint density at radius 2 is 1.70 bits per heavy atom. The molecule has 1 atom stereocenters. The summed E-state index contributed by atoms with van der Waals surface area (Å²) >= 11 is 3.42. The van der Waals surface area contributed by atoms with E-state index in [1.54, 1.807) is 30.3 Å². The first kappa shape index (κ1) is 24.6. The Balaban J connectivity index is 1.62. The molecule has 0 radical (unpaired) electrons. The minimum Gasteiger partial charge on any atom is -0.503 e. The summed E-state index contributed by atoms with van der Waals surface area (Å²) in [5, 5.41) is 11.8. The van der Waals surface area contributed by atoms with Crippen LogP contribution in [0.3, 0.4) is 0 Å². The fraction of sp³-hybridized carbons (Fsp3) is 0.172. The Morgan fingerprint density at radius 3 is 2.43 bits per heavy atom. The average Bonchev–Trinajstić information content (AvgIpc) is 3.44. The van der Waals surface area contributed by atoms with Gasteiger partial charge >= 0.3 is 0 Å². The van der Waals surface area contributed by atoms with Gasteiger partial charge in [-0.05, 0) is 55.8 Å². The van der Waals surface area contributed by atoms with Crippen molar-refractivity contribution in [1.82, 2.24) is 0 Å². The molecule has 188 valence electrons. The second-order valence-corrected chi connectivity index (χ2v) is 9.29. The van der Waals surface area contributed by atoms with Crippen LogP contribution in [0.5, 0.6) is 11.5 Å². The largest absolute Gasteiger partial charge is 0.503 e. The Morgan fingerprint density at radius 1 is 0.973 bits per heavy atom. The van der Waals surface area contributed by atoms with E-state index >= 15 is 0 Å². The number of amides is 1. The van der Waals surface area contributed by atoms with Crippen molar-refractivity contribution < 1.29 is 28.6 Å². The lowest BCUT2D eigenvalue weighted by atomic mass is 9.94. The van der Waals surface area contributed by atoms with Crippen LogP contribution in [-0.4, -0.2) is 30.0 Å². The first-order valence-electron chi connectivity index (χ1n) is 11.9. The highest BCUT2D eigenvalue weighted by Crippen LogP contribution is 2.44. The number of aliphatic hydroxyl groups excluding tert-OH is 1. The van der Waals surface area contributed by atoms with Gasteiger partial charge in [-0.1, -0.05) is 46.3 Å². The molecule has 0 saturated carbocycles. The lowest BCUT2D eigenvalue weighted by molar-refractivity contribution is -0.117. The minimum atomic E-state index is -0.881. The molecule has 1 amide bonds. The number of fused-ring (bicyclic) bond motifs is 1. The maximum absolute atomic E-state index is 13.8. The number of anilines is 1. The second kappa shape index (κ2) is 10.1. The number of nitrogens with zero attached hydrogens (tertiary/aromatic N) is 1. The predicted octanol–water partition coefficient (Wildman–Crippen LogP) is 6.78. The number of furan rings is 1. The SMILES string of the molecule is CCOc1ccc(N2C(=O)C(O)=C(C(=O)c3cc4cc(Br)ccc4o3)C2c2ccccc2)cc1OCC. The van der Waals surface area contributed by atoms with E-state index in [1.807, 2.05) is 56.3 Å². The Kier molecular flexibility index (Phi) is 6.76. The number of hydrogen-bond donors (Lipinski definition) is 1. The van der Waals surface area contributed by atoms with Gasteiger partial charge in [-0.15, -0.1) is 0 Å². The van der Waals surface area contributed by atoms with Crippen molar-refractivity contribution in [2.75, 3.05) is 18.1 Å². The number of hydrogen-bond acceptors (Lipinski definition) is 6. The molecule has 1 unspecified atom stereocenters. The van der Waals surface area contributed by atoms with Gasteiger partial charge in [0.25, 0.3) is 5.91 Å². The van der Waals surface area contributed by atoms with Gasteiger partial charge in [0.15, 0.2) is 23.0 Å². The molecule has 0 spiro atoms. The third-order valence-electron chi connectivity index (χ3n) is 6.08. The maximum atomic E-state index is 13.8. The van der Waals surface area contributed by atoms with Gasteiger partial charge in [0.05, 0.1) is 24.8 Å². The highest BCUT2D eigenvalue weighted by atomic mass is 79.9. The molecule has 3 aromatic carbocycles. The predicted molar refractivity (Wildman–Crippen MR) is 143 cm³/mol. The average molecular weight is 562 g/mol. The standard InChI is InChI=1S/C29H24BrNO6/c1-3-35-22-13-11-20(16-23(22)36-4-2)31-26(17-8-6-5-7-9-17)25(28(33)29(31)34)27(32)24-15-18-14-19(30)10-12-21(18)37-24/h5-16,26,33H,3-4H2,1-2H3. The molecule has 0 saturated heterocycles. The molecule has 0 bridgehead atoms. The minimum absolute atomic E-state index is 0.0342. The molecule has 8 heteroatoms. The first-order valence-corrected chi connectivity index (χ1v) is 12.7. The summed E-state index contributed by atoms with van der Waals surface area (Å²) in [6, 6.07) is 20.3. The van der Waals surface area contributed by atoms with Crippen LogP contribution in [0.2, 0.25) is 0 Å². The van der Waals surface area contributed by atoms with Crippen molar-refractivity contribution in [3.63, 3.8) is 0 Å². The molecule has 37 heavy (non-hydrogen) atoms. The number of carbonyl (C=O) groups is 2. The van der Waals surface area contributed by atoms with Crippen molar-refractivity contribution in [3.8, 4) is 11.5 Å². The lowest BCUT2D eigenvalue weighted by Gasteiger charge is -2.27. The second-order valence-electron chi connectivity index (χ2n) is 8.37. The van der Waals surface area contributed by atoms with Crippen molar-refractivity contribution in [2.24, 2.45) is 0 Å². The smallest absolute Gasteiger partial charge is 0.294 e. The van der Waals surface area contributed by atoms with Gasteiger partial charge < -0.3 is 19.0 Å². The van der Waals surface area contributed by atoms with Gasteiger partial charge in [-0.25, -0.2) is 0 Å². The zero-order chi connectivity index (χ0) is 26.1. The maximum Gasteiger partial charge on any atom is 0.294 e. The van der Waals surface area contributed by atoms with Crippen LogP contribution >= 0.6 is 15.9 Å². The van der Waals surface area contributed by atoms with E-state index in [9.17, 15) is 14.7 Å². The summed E-state index contributed by atoms with van der Waals surface area (Å²) in [7, 11) is 0. The highest BCUT2D eigenvalue weighted by Gasteiger charge is 2.45. The fourth-order valence-corrected chi connectivity index (χ4v) is 4.88. The van der Waals surface area contributed by atoms with Crippen LogP contribution in [-0.2, 0) is 4.79 Å². The van der Waals surface area contributed by atoms with E-state index in [2.05, 4.69) is 15.9 Å². The molecule has 2 heterocycles. The summed E-state index contributed by atoms with van der Waals surface area (Å²) in [5.74, 6) is -0.839. The van der Waals surface area contributed by atoms with Crippen LogP contribution in [0, 0.1) is 0 Å². The zero-order valence-electron chi connectivity index (χ0n) is 20.2. The van der Waals surface area contributed by atoms with Gasteiger partial charge in [0.2, 0.25) is 5.78 Å². The van der Waals surface area contributed by atoms with Crippen LogP contribution in [0.1, 0.15) is 36.0 Å². The monoisotopic (exact) mass is 561 g/mol. The summed E-state index contributed by atoms with van der Waals surface area (Å²) in [5.41, 5.74) is 1.58. The number of carbonyl (C=O) groups excluding carboxylic acids is 2. The number of halogens is 1. The van der Waals surface area contributed by atoms with Gasteiger partial charge in [0, 0.05) is 21.6 Å². The van der Waals surface area contributed by atoms with E-state index < -0.39 is 23.5 Å². The van der Waals surface area contributed by atoms with Crippen molar-refractivity contribution >= 4 is 44.3 Å². The molecule has 1 aromatic heterocycles. The zero-order valence-corrected chi connectivity index (χ0v) is 21.8. The molecule has 4 aromatic rings. The Bertz CT molecular complexity index is 1520. The van der Waals surface area contributed by atoms with Gasteiger partial charge in [-0.2, -0.15) is 0 Å². The highest BCUT2D eigenvalue weighted by molar-refractivity contribution is 9.10. The van der Waals surface area contributed by atoms with E-state index in [1.165, 1.54) is 4.90 Å². The molecule has 1 N–H and O–H groups in total. The molecule has 1 aliphatic rings. The summed E-state index contributed by atoms with van der Waals surface area (Å²) in [4.78, 5) is 28.7. The molecule has 1 aliphatic heterocycles. The van der Waals surface area contributed by atoms with Crippen LogP contribution in [0.4, 0.5) is 5.69 Å². The fourth-order valence-electron chi connectivity index (χ4n) is 4.50. The third-order valence-corrected chi connectivity index (χ3v) is 6.57. The number of ketones is 1. The summed E-state index contributed by atoms with van der Waals surface area (Å²) in [6.07, 6.45) is 0. The van der Waals surface area contributed by atoms with E-state index in [0.717, 1.165) is 9.86 Å². The number of aliphatic hydroxyl groups is 1. The topological polar surface area (TPSA) is 89.2 Å². The summed E-state index contributed by atoms with van der Waals surface area (Å²) in [6.45, 7) is 4.57. The number of Topliss-reactive ketones (excluding diaryl/α,β-unsaturated/α-hetero) is 1. The number of ether oxygens (including phenoxy) is 2. The van der Waals surface area contributed by atoms with Crippen molar-refractivity contribution in [1.29, 1.82) is 0 Å².